The van der Waals surface area contributed by atoms with Gasteiger partial charge in [-0.2, -0.15) is 0 Å². The third-order valence-electron chi connectivity index (χ3n) is 4.46. The van der Waals surface area contributed by atoms with Crippen LogP contribution in [0.15, 0.2) is 41.3 Å². The van der Waals surface area contributed by atoms with Crippen LogP contribution in [0.25, 0.3) is 0 Å². The summed E-state index contributed by atoms with van der Waals surface area (Å²) in [6.07, 6.45) is 0.825. The van der Waals surface area contributed by atoms with E-state index in [-0.39, 0.29) is 11.9 Å². The minimum Gasteiger partial charge on any atom is -0.457 e. The molecule has 4 nitrogen and oxygen atoms in total. The van der Waals surface area contributed by atoms with Crippen LogP contribution in [0.5, 0.6) is 0 Å². The van der Waals surface area contributed by atoms with Crippen LogP contribution in [0.1, 0.15) is 32.8 Å². The average molecular weight is 363 g/mol. The number of aliphatic hydroxyl groups is 1. The summed E-state index contributed by atoms with van der Waals surface area (Å²) in [6.45, 7) is 11.7. The lowest BCUT2D eigenvalue weighted by Crippen LogP contribution is -2.45. The van der Waals surface area contributed by atoms with Crippen molar-refractivity contribution in [2.24, 2.45) is 5.92 Å². The van der Waals surface area contributed by atoms with E-state index in [2.05, 4.69) is 31.8 Å². The molecular weight excluding hydrogens is 332 g/mol. The fourth-order valence-corrected chi connectivity index (χ4v) is 4.77. The van der Waals surface area contributed by atoms with E-state index in [0.29, 0.717) is 17.4 Å². The van der Waals surface area contributed by atoms with Gasteiger partial charge < -0.3 is 14.6 Å². The van der Waals surface area contributed by atoms with E-state index >= 15 is 0 Å². The van der Waals surface area contributed by atoms with Crippen LogP contribution in [0, 0.1) is 5.92 Å². The Labute approximate surface area is 151 Å². The van der Waals surface area contributed by atoms with Crippen LogP contribution in [-0.2, 0) is 20.7 Å². The van der Waals surface area contributed by atoms with Gasteiger partial charge in [0.2, 0.25) is 5.79 Å². The number of aliphatic hydroxyl groups excluding tert-OH is 1. The Bertz CT molecular complexity index is 643. The smallest absolute Gasteiger partial charge is 0.336 e. The maximum atomic E-state index is 12.6. The molecule has 0 spiro atoms. The first-order valence-corrected chi connectivity index (χ1v) is 12.4. The summed E-state index contributed by atoms with van der Waals surface area (Å²) in [4.78, 5) is 12.6. The lowest BCUT2D eigenvalue weighted by Gasteiger charge is -2.39. The third-order valence-corrected chi connectivity index (χ3v) is 6.41. The minimum absolute atomic E-state index is 0.252. The number of hydrogen-bond donors (Lipinski definition) is 1. The van der Waals surface area contributed by atoms with Crippen molar-refractivity contribution in [3.63, 3.8) is 0 Å². The SMILES string of the molecule is C[C@H](C1=C([Si](C)(C)C)C(=O)OC(C)(C)O1)[C@@H](O)CCc1ccccc1. The summed E-state index contributed by atoms with van der Waals surface area (Å²) in [6, 6.07) is 10.1. The Hall–Kier alpha value is -1.59. The number of rotatable bonds is 6. The van der Waals surface area contributed by atoms with Crippen LogP contribution in [0.3, 0.4) is 0 Å². The van der Waals surface area contributed by atoms with E-state index in [9.17, 15) is 9.90 Å². The fourth-order valence-electron chi connectivity index (χ4n) is 3.09. The van der Waals surface area contributed by atoms with Crippen molar-refractivity contribution in [3.8, 4) is 0 Å². The second kappa shape index (κ2) is 7.34. The molecule has 2 rings (SSSR count). The van der Waals surface area contributed by atoms with Crippen molar-refractivity contribution in [3.05, 3.63) is 46.9 Å². The van der Waals surface area contributed by atoms with Crippen molar-refractivity contribution in [2.75, 3.05) is 0 Å². The van der Waals surface area contributed by atoms with Crippen LogP contribution in [0.4, 0.5) is 0 Å². The molecule has 0 fully saturated rings. The normalized spacial score (nSPS) is 19.9. The Morgan fingerprint density at radius 2 is 1.72 bits per heavy atom. The van der Waals surface area contributed by atoms with Crippen LogP contribution < -0.4 is 0 Å². The zero-order chi connectivity index (χ0) is 18.8. The molecule has 0 aromatic heterocycles. The van der Waals surface area contributed by atoms with Crippen LogP contribution in [0.2, 0.25) is 19.6 Å². The average Bonchev–Trinajstić information content (AvgIpc) is 2.49. The predicted molar refractivity (Wildman–Crippen MR) is 102 cm³/mol. The lowest BCUT2D eigenvalue weighted by atomic mass is 9.95. The quantitative estimate of drug-likeness (QED) is 0.612. The van der Waals surface area contributed by atoms with Crippen molar-refractivity contribution in [1.82, 2.24) is 0 Å². The van der Waals surface area contributed by atoms with Crippen molar-refractivity contribution in [2.45, 2.75) is 65.1 Å². The summed E-state index contributed by atoms with van der Waals surface area (Å²) in [5.41, 5.74) is 1.19. The van der Waals surface area contributed by atoms with Gasteiger partial charge in [0.1, 0.15) is 5.76 Å². The highest BCUT2D eigenvalue weighted by Crippen LogP contribution is 2.36. The van der Waals surface area contributed by atoms with Gasteiger partial charge in [0.15, 0.2) is 0 Å². The van der Waals surface area contributed by atoms with Crippen molar-refractivity contribution < 1.29 is 19.4 Å². The van der Waals surface area contributed by atoms with E-state index < -0.39 is 20.0 Å². The number of hydrogen-bond acceptors (Lipinski definition) is 4. The van der Waals surface area contributed by atoms with Crippen LogP contribution in [-0.4, -0.2) is 31.0 Å². The monoisotopic (exact) mass is 362 g/mol. The largest absolute Gasteiger partial charge is 0.457 e. The fraction of sp³-hybridized carbons (Fsp3) is 0.550. The molecule has 0 saturated heterocycles. The summed E-state index contributed by atoms with van der Waals surface area (Å²) >= 11 is 0. The summed E-state index contributed by atoms with van der Waals surface area (Å²) < 4.78 is 11.5. The molecule has 0 unspecified atom stereocenters. The molecule has 0 aliphatic carbocycles. The molecule has 0 saturated carbocycles. The Balaban J connectivity index is 2.23. The van der Waals surface area contributed by atoms with E-state index in [1.165, 1.54) is 5.56 Å². The maximum Gasteiger partial charge on any atom is 0.336 e. The van der Waals surface area contributed by atoms with Crippen molar-refractivity contribution in [1.29, 1.82) is 0 Å². The molecule has 5 heteroatoms. The first-order valence-electron chi connectivity index (χ1n) is 8.90. The molecule has 0 bridgehead atoms. The van der Waals surface area contributed by atoms with E-state index in [1.54, 1.807) is 13.8 Å². The van der Waals surface area contributed by atoms with Gasteiger partial charge in [0.25, 0.3) is 0 Å². The van der Waals surface area contributed by atoms with Gasteiger partial charge in [-0.3, -0.25) is 0 Å². The first kappa shape index (κ1) is 19.7. The van der Waals surface area contributed by atoms with Gasteiger partial charge in [-0.05, 0) is 18.4 Å². The molecule has 138 valence electrons. The molecule has 1 heterocycles. The molecule has 1 aliphatic rings. The summed E-state index contributed by atoms with van der Waals surface area (Å²) in [7, 11) is -1.97. The Kier molecular flexibility index (Phi) is 5.79. The second-order valence-corrected chi connectivity index (χ2v) is 13.3. The highest BCUT2D eigenvalue weighted by Gasteiger charge is 2.43. The molecule has 1 aromatic rings. The molecule has 1 aliphatic heterocycles. The lowest BCUT2D eigenvalue weighted by molar-refractivity contribution is -0.210. The number of esters is 1. The molecule has 25 heavy (non-hydrogen) atoms. The zero-order valence-corrected chi connectivity index (χ0v) is 17.1. The number of carbonyl (C=O) groups excluding carboxylic acids is 1. The molecule has 1 aromatic carbocycles. The topological polar surface area (TPSA) is 55.8 Å². The molecule has 2 atom stereocenters. The standard InChI is InChI=1S/C20H30O4Si/c1-14(16(21)13-12-15-10-8-7-9-11-15)17-18(25(4,5)6)19(22)24-20(2,3)23-17/h7-11,14,16,21H,12-13H2,1-6H3/t14-,16-/m0/s1. The Morgan fingerprint density at radius 1 is 1.12 bits per heavy atom. The maximum absolute atomic E-state index is 12.6. The second-order valence-electron chi connectivity index (χ2n) is 8.26. The molecule has 0 radical (unpaired) electrons. The van der Waals surface area contributed by atoms with Gasteiger partial charge in [0.05, 0.1) is 19.4 Å². The number of ether oxygens (including phenoxy) is 2. The highest BCUT2D eigenvalue weighted by atomic mass is 28.3. The Morgan fingerprint density at radius 3 is 2.28 bits per heavy atom. The number of carbonyl (C=O) groups is 1. The number of cyclic esters (lactones) is 1. The molecule has 1 N–H and O–H groups in total. The van der Waals surface area contributed by atoms with Crippen LogP contribution >= 0.6 is 0 Å². The van der Waals surface area contributed by atoms with Gasteiger partial charge >= 0.3 is 5.97 Å². The van der Waals surface area contributed by atoms with Gasteiger partial charge in [-0.15, -0.1) is 0 Å². The van der Waals surface area contributed by atoms with Gasteiger partial charge in [-0.25, -0.2) is 4.79 Å². The minimum atomic E-state index is -1.97. The number of aryl methyl sites for hydroxylation is 1. The van der Waals surface area contributed by atoms with E-state index in [1.807, 2.05) is 25.1 Å². The summed E-state index contributed by atoms with van der Waals surface area (Å²) in [5.74, 6) is -0.936. The van der Waals surface area contributed by atoms with E-state index in [4.69, 9.17) is 9.47 Å². The van der Waals surface area contributed by atoms with Gasteiger partial charge in [0, 0.05) is 19.8 Å². The zero-order valence-electron chi connectivity index (χ0n) is 16.1. The third kappa shape index (κ3) is 4.95. The number of benzene rings is 1. The first-order chi connectivity index (χ1) is 11.5. The summed E-state index contributed by atoms with van der Waals surface area (Å²) in [5, 5.41) is 11.4. The predicted octanol–water partition coefficient (Wildman–Crippen LogP) is 4.06. The van der Waals surface area contributed by atoms with Crippen molar-refractivity contribution >= 4 is 14.0 Å². The highest BCUT2D eigenvalue weighted by molar-refractivity contribution is 6.87. The molecule has 0 amide bonds. The van der Waals surface area contributed by atoms with E-state index in [0.717, 1.165) is 6.42 Å². The molecular formula is C20H30O4Si. The van der Waals surface area contributed by atoms with Gasteiger partial charge in [-0.1, -0.05) is 56.9 Å².